The van der Waals surface area contributed by atoms with Crippen molar-refractivity contribution in [2.75, 3.05) is 106 Å². The molecule has 0 aromatic heterocycles. The summed E-state index contributed by atoms with van der Waals surface area (Å²) in [4.78, 5) is 102. The first-order valence-corrected chi connectivity index (χ1v) is 19.5. The van der Waals surface area contributed by atoms with Crippen LogP contribution in [-0.4, -0.2) is 159 Å². The number of Topliss-reactive ketones (excluding diaryl/α,β-unsaturated/α-hetero) is 1. The molecular weight excluding hydrogens is 864 g/mol. The fourth-order valence-corrected chi connectivity index (χ4v) is 4.13. The average molecular weight is 925 g/mol. The Kier molecular flexibility index (Phi) is 35.4. The number of ketones is 1. The molecule has 0 unspecified atom stereocenters. The zero-order valence-corrected chi connectivity index (χ0v) is 36.8. The van der Waals surface area contributed by atoms with Crippen molar-refractivity contribution in [3.8, 4) is 0 Å². The van der Waals surface area contributed by atoms with Gasteiger partial charge in [-0.15, -0.1) is 0 Å². The molecule has 0 amide bonds. The summed E-state index contributed by atoms with van der Waals surface area (Å²) in [7, 11) is 0. The second kappa shape index (κ2) is 38.0. The van der Waals surface area contributed by atoms with Gasteiger partial charge in [0.15, 0.2) is 0 Å². The van der Waals surface area contributed by atoms with Crippen molar-refractivity contribution in [2.24, 2.45) is 10.8 Å². The smallest absolute Gasteiger partial charge is 0.330 e. The Balaban J connectivity index is 0. The van der Waals surface area contributed by atoms with Gasteiger partial charge in [0.05, 0.1) is 64.7 Å². The lowest BCUT2D eigenvalue weighted by Gasteiger charge is -2.33. The van der Waals surface area contributed by atoms with E-state index in [1.165, 1.54) is 6.92 Å². The highest BCUT2D eigenvalue weighted by atomic mass is 16.6. The lowest BCUT2D eigenvalue weighted by atomic mass is 9.92. The van der Waals surface area contributed by atoms with Crippen LogP contribution in [0.4, 0.5) is 0 Å². The van der Waals surface area contributed by atoms with E-state index in [1.807, 2.05) is 0 Å². The molecular formula is C44H60O21. The lowest BCUT2D eigenvalue weighted by Crippen LogP contribution is -2.43. The van der Waals surface area contributed by atoms with Crippen LogP contribution >= 0.6 is 0 Å². The summed E-state index contributed by atoms with van der Waals surface area (Å²) in [5, 5.41) is 0. The van der Waals surface area contributed by atoms with Crippen LogP contribution in [0.1, 0.15) is 19.8 Å². The molecule has 65 heavy (non-hydrogen) atoms. The molecule has 0 N–H and O–H groups in total. The van der Waals surface area contributed by atoms with Crippen LogP contribution in [0.15, 0.2) is 88.6 Å². The molecule has 21 heteroatoms. The van der Waals surface area contributed by atoms with Gasteiger partial charge < -0.3 is 61.6 Å². The summed E-state index contributed by atoms with van der Waals surface area (Å²) in [5.74, 6) is -5.55. The monoisotopic (exact) mass is 924 g/mol. The van der Waals surface area contributed by atoms with Crippen molar-refractivity contribution in [2.45, 2.75) is 19.8 Å². The molecule has 0 rings (SSSR count). The van der Waals surface area contributed by atoms with E-state index in [1.54, 1.807) is 0 Å². The Morgan fingerprint density at radius 2 is 0.554 bits per heavy atom. The molecule has 0 atom stereocenters. The second-order valence-electron chi connectivity index (χ2n) is 13.0. The molecule has 0 aromatic rings. The van der Waals surface area contributed by atoms with Gasteiger partial charge in [0.1, 0.15) is 64.1 Å². The van der Waals surface area contributed by atoms with Crippen molar-refractivity contribution < 1.29 is 100.0 Å². The Morgan fingerprint density at radius 1 is 0.323 bits per heavy atom. The fourth-order valence-electron chi connectivity index (χ4n) is 4.13. The van der Waals surface area contributed by atoms with Gasteiger partial charge in [0.25, 0.3) is 0 Å². The minimum atomic E-state index is -1.39. The molecule has 0 aliphatic carbocycles. The minimum Gasteiger partial charge on any atom is -0.465 e. The standard InChI is InChI=1S/C25H36O12.C19H24O9/c1-5-21(26)34-13-9-30-17-25(18-31-10-14-35-22(27)6-2,19-32-11-15-36-23(28)7-3)20-33-12-16-37-24(29)8-4;1-5-15(21)25-10-19(11-26-16(22)6-2,12-27-17(23)7-3)13-28-18(24)9-8-14(4)20/h5-8H,1-4,9-20H2;5-7H,1-3,8-13H2,4H3. The first kappa shape index (κ1) is 60.5. The first-order valence-electron chi connectivity index (χ1n) is 19.5. The van der Waals surface area contributed by atoms with E-state index in [4.69, 9.17) is 56.8 Å². The largest absolute Gasteiger partial charge is 0.465 e. The first-order chi connectivity index (χ1) is 31.0. The number of hydrogen-bond acceptors (Lipinski definition) is 21. The maximum absolute atomic E-state index is 11.8. The molecule has 0 fully saturated rings. The van der Waals surface area contributed by atoms with Crippen LogP contribution in [0, 0.1) is 10.8 Å². The van der Waals surface area contributed by atoms with Crippen LogP contribution < -0.4 is 0 Å². The molecule has 0 aliphatic heterocycles. The summed E-state index contributed by atoms with van der Waals surface area (Å²) >= 11 is 0. The Hall–Kier alpha value is -6.55. The second-order valence-corrected chi connectivity index (χ2v) is 13.0. The topological polar surface area (TPSA) is 264 Å². The fraction of sp³-hybridized carbons (Fsp3) is 0.477. The quantitative estimate of drug-likeness (QED) is 0.0371. The van der Waals surface area contributed by atoms with Gasteiger partial charge in [-0.05, 0) is 6.92 Å². The van der Waals surface area contributed by atoms with Crippen LogP contribution in [-0.2, 0) is 100.0 Å². The van der Waals surface area contributed by atoms with Gasteiger partial charge in [-0.3, -0.25) is 4.79 Å². The van der Waals surface area contributed by atoms with E-state index < -0.39 is 85.0 Å². The lowest BCUT2D eigenvalue weighted by molar-refractivity contribution is -0.166. The zero-order chi connectivity index (χ0) is 49.4. The number of ether oxygens (including phenoxy) is 12. The van der Waals surface area contributed by atoms with Crippen molar-refractivity contribution in [1.29, 1.82) is 0 Å². The zero-order valence-electron chi connectivity index (χ0n) is 36.8. The van der Waals surface area contributed by atoms with Gasteiger partial charge in [0.2, 0.25) is 0 Å². The highest BCUT2D eigenvalue weighted by Crippen LogP contribution is 2.23. The Bertz CT molecular complexity index is 1430. The highest BCUT2D eigenvalue weighted by molar-refractivity contribution is 5.83. The van der Waals surface area contributed by atoms with Gasteiger partial charge >= 0.3 is 47.8 Å². The van der Waals surface area contributed by atoms with E-state index >= 15 is 0 Å². The summed E-state index contributed by atoms with van der Waals surface area (Å²) in [6.07, 6.45) is 6.73. The third-order valence-electron chi connectivity index (χ3n) is 7.47. The minimum absolute atomic E-state index is 0.00395. The van der Waals surface area contributed by atoms with Gasteiger partial charge in [-0.1, -0.05) is 46.1 Å². The molecule has 362 valence electrons. The molecule has 0 aromatic carbocycles. The number of carbonyl (C=O) groups is 9. The molecule has 0 spiro atoms. The van der Waals surface area contributed by atoms with Crippen LogP contribution in [0.2, 0.25) is 0 Å². The van der Waals surface area contributed by atoms with Crippen molar-refractivity contribution >= 4 is 53.5 Å². The summed E-state index contributed by atoms with van der Waals surface area (Å²) in [5.41, 5.74) is -2.27. The van der Waals surface area contributed by atoms with Crippen LogP contribution in [0.25, 0.3) is 0 Å². The Labute approximate surface area is 377 Å². The number of hydrogen-bond donors (Lipinski definition) is 0. The van der Waals surface area contributed by atoms with Crippen LogP contribution in [0.3, 0.4) is 0 Å². The third kappa shape index (κ3) is 33.7. The third-order valence-corrected chi connectivity index (χ3v) is 7.47. The van der Waals surface area contributed by atoms with Crippen molar-refractivity contribution in [3.05, 3.63) is 88.6 Å². The molecule has 21 nitrogen and oxygen atoms in total. The van der Waals surface area contributed by atoms with Crippen molar-refractivity contribution in [3.63, 3.8) is 0 Å². The SMILES string of the molecule is C=CC(=O)OCC(COC(=O)C=C)(COC(=O)C=C)COC(=O)CCC(C)=O.C=CC(=O)OCCOCC(COCCOC(=O)C=C)(COCCOC(=O)C=C)COCCOC(=O)C=C. The van der Waals surface area contributed by atoms with E-state index in [0.29, 0.717) is 0 Å². The molecule has 0 aliphatic rings. The van der Waals surface area contributed by atoms with Gasteiger partial charge in [0, 0.05) is 49.0 Å². The Morgan fingerprint density at radius 3 is 0.800 bits per heavy atom. The number of rotatable bonds is 38. The molecule has 0 bridgehead atoms. The van der Waals surface area contributed by atoms with E-state index in [-0.39, 0.29) is 97.9 Å². The predicted octanol–water partition coefficient (Wildman–Crippen LogP) is 2.03. The summed E-state index contributed by atoms with van der Waals surface area (Å²) in [6.45, 7) is 23.3. The van der Waals surface area contributed by atoms with Gasteiger partial charge in [-0.25, -0.2) is 33.6 Å². The van der Waals surface area contributed by atoms with Crippen LogP contribution in [0.5, 0.6) is 0 Å². The normalized spacial score (nSPS) is 10.4. The number of esters is 8. The molecule has 0 saturated carbocycles. The van der Waals surface area contributed by atoms with E-state index in [9.17, 15) is 43.2 Å². The van der Waals surface area contributed by atoms with Gasteiger partial charge in [-0.2, -0.15) is 0 Å². The van der Waals surface area contributed by atoms with Crippen molar-refractivity contribution in [1.82, 2.24) is 0 Å². The predicted molar refractivity (Wildman–Crippen MR) is 227 cm³/mol. The highest BCUT2D eigenvalue weighted by Gasteiger charge is 2.38. The van der Waals surface area contributed by atoms with E-state index in [2.05, 4.69) is 46.1 Å². The average Bonchev–Trinajstić information content (AvgIpc) is 3.31. The summed E-state index contributed by atoms with van der Waals surface area (Å²) < 4.78 is 62.4. The van der Waals surface area contributed by atoms with E-state index in [0.717, 1.165) is 42.5 Å². The molecule has 0 heterocycles. The maximum Gasteiger partial charge on any atom is 0.330 e. The maximum atomic E-state index is 11.8. The molecule has 0 saturated heterocycles. The molecule has 0 radical (unpaired) electrons. The summed E-state index contributed by atoms with van der Waals surface area (Å²) in [6, 6.07) is 0. The number of carbonyl (C=O) groups excluding carboxylic acids is 9.